The molecule has 0 unspecified atom stereocenters. The normalized spacial score (nSPS) is 10.8. The van der Waals surface area contributed by atoms with E-state index in [0.29, 0.717) is 32.5 Å². The number of ether oxygens (including phenoxy) is 1. The summed E-state index contributed by atoms with van der Waals surface area (Å²) in [7, 11) is 1.49. The average Bonchev–Trinajstić information content (AvgIpc) is 2.77. The molecule has 0 saturated heterocycles. The van der Waals surface area contributed by atoms with E-state index in [9.17, 15) is 9.59 Å². The molecule has 0 aliphatic rings. The van der Waals surface area contributed by atoms with Gasteiger partial charge in [0.05, 0.1) is 19.3 Å². The highest BCUT2D eigenvalue weighted by atomic mass is 35.5. The lowest BCUT2D eigenvalue weighted by Crippen LogP contribution is -2.30. The number of benzene rings is 2. The molecule has 8 heteroatoms. The van der Waals surface area contributed by atoms with Gasteiger partial charge in [-0.2, -0.15) is 0 Å². The lowest BCUT2D eigenvalue weighted by molar-refractivity contribution is 0.102. The molecule has 2 aromatic heterocycles. The first kappa shape index (κ1) is 20.9. The Morgan fingerprint density at radius 3 is 2.55 bits per heavy atom. The van der Waals surface area contributed by atoms with Crippen LogP contribution in [0.15, 0.2) is 71.7 Å². The van der Waals surface area contributed by atoms with Crippen LogP contribution in [0.3, 0.4) is 0 Å². The minimum absolute atomic E-state index is 0.0171. The number of anilines is 1. The third-order valence-electron chi connectivity index (χ3n) is 4.76. The topological polar surface area (TPSA) is 73.2 Å². The number of hydrogen-bond donors (Lipinski definition) is 1. The van der Waals surface area contributed by atoms with E-state index in [1.807, 2.05) is 12.1 Å². The van der Waals surface area contributed by atoms with Crippen molar-refractivity contribution in [1.82, 2.24) is 9.55 Å². The Bertz CT molecular complexity index is 1330. The fourth-order valence-electron chi connectivity index (χ4n) is 3.26. The number of carbonyl (C=O) groups excluding carboxylic acids is 1. The van der Waals surface area contributed by atoms with Crippen LogP contribution < -0.4 is 15.6 Å². The molecule has 2 heterocycles. The molecule has 4 rings (SSSR count). The number of pyridine rings is 2. The number of fused-ring (bicyclic) bond motifs is 1. The second kappa shape index (κ2) is 8.79. The van der Waals surface area contributed by atoms with E-state index in [1.165, 1.54) is 17.7 Å². The largest absolute Gasteiger partial charge is 0.495 e. The van der Waals surface area contributed by atoms with Gasteiger partial charge >= 0.3 is 0 Å². The maximum absolute atomic E-state index is 13.3. The molecule has 2 aromatic carbocycles. The highest BCUT2D eigenvalue weighted by molar-refractivity contribution is 6.31. The van der Waals surface area contributed by atoms with E-state index < -0.39 is 11.5 Å². The van der Waals surface area contributed by atoms with Crippen LogP contribution in [-0.2, 0) is 6.54 Å². The van der Waals surface area contributed by atoms with Crippen LogP contribution in [0, 0.1) is 0 Å². The summed E-state index contributed by atoms with van der Waals surface area (Å²) < 4.78 is 6.75. The highest BCUT2D eigenvalue weighted by Crippen LogP contribution is 2.28. The number of amides is 1. The molecule has 0 radical (unpaired) electrons. The maximum atomic E-state index is 13.3. The Morgan fingerprint density at radius 1 is 1.06 bits per heavy atom. The quantitative estimate of drug-likeness (QED) is 0.460. The van der Waals surface area contributed by atoms with Crippen molar-refractivity contribution in [3.05, 3.63) is 98.4 Å². The molecule has 0 aliphatic heterocycles. The number of halogens is 2. The van der Waals surface area contributed by atoms with E-state index in [2.05, 4.69) is 10.3 Å². The third kappa shape index (κ3) is 4.40. The summed E-state index contributed by atoms with van der Waals surface area (Å²) in [5.74, 6) is -0.136. The molecule has 0 saturated carbocycles. The number of nitrogens with one attached hydrogen (secondary N) is 1. The van der Waals surface area contributed by atoms with Crippen molar-refractivity contribution < 1.29 is 9.53 Å². The van der Waals surface area contributed by atoms with Crippen LogP contribution in [0.25, 0.3) is 11.0 Å². The second-order valence-electron chi connectivity index (χ2n) is 6.79. The Morgan fingerprint density at radius 2 is 1.81 bits per heavy atom. The zero-order valence-electron chi connectivity index (χ0n) is 16.4. The Balaban J connectivity index is 1.79. The van der Waals surface area contributed by atoms with Crippen LogP contribution in [0.5, 0.6) is 5.75 Å². The third-order valence-corrected chi connectivity index (χ3v) is 5.24. The van der Waals surface area contributed by atoms with Crippen LogP contribution in [-0.4, -0.2) is 22.6 Å². The summed E-state index contributed by atoms with van der Waals surface area (Å²) in [5.41, 5.74) is 1.23. The first-order chi connectivity index (χ1) is 15.0. The van der Waals surface area contributed by atoms with Crippen LogP contribution >= 0.6 is 23.2 Å². The lowest BCUT2D eigenvalue weighted by atomic mass is 10.1. The number of hydrogen-bond acceptors (Lipinski definition) is 4. The Kier molecular flexibility index (Phi) is 5.93. The van der Waals surface area contributed by atoms with Gasteiger partial charge < -0.3 is 10.1 Å². The van der Waals surface area contributed by atoms with E-state index in [-0.39, 0.29) is 12.1 Å². The number of methoxy groups -OCH3 is 1. The summed E-state index contributed by atoms with van der Waals surface area (Å²) in [6.45, 7) is 0.241. The fraction of sp³-hybridized carbons (Fsp3) is 0.0870. The lowest BCUT2D eigenvalue weighted by Gasteiger charge is -2.14. The molecule has 0 fully saturated rings. The maximum Gasteiger partial charge on any atom is 0.265 e. The van der Waals surface area contributed by atoms with Crippen molar-refractivity contribution in [2.24, 2.45) is 0 Å². The predicted molar refractivity (Wildman–Crippen MR) is 123 cm³/mol. The summed E-state index contributed by atoms with van der Waals surface area (Å²) in [4.78, 5) is 30.7. The second-order valence-corrected chi connectivity index (χ2v) is 7.66. The number of carbonyl (C=O) groups is 1. The molecule has 6 nitrogen and oxygen atoms in total. The average molecular weight is 454 g/mol. The van der Waals surface area contributed by atoms with E-state index >= 15 is 0 Å². The van der Waals surface area contributed by atoms with Crippen molar-refractivity contribution in [1.29, 1.82) is 0 Å². The highest BCUT2D eigenvalue weighted by Gasteiger charge is 2.18. The molecular formula is C23H17Cl2N3O3. The molecule has 4 aromatic rings. The van der Waals surface area contributed by atoms with E-state index in [1.54, 1.807) is 48.7 Å². The summed E-state index contributed by atoms with van der Waals surface area (Å²) in [6.07, 6.45) is 1.61. The summed E-state index contributed by atoms with van der Waals surface area (Å²) in [5, 5.41) is 4.42. The van der Waals surface area contributed by atoms with Gasteiger partial charge in [-0.15, -0.1) is 0 Å². The minimum Gasteiger partial charge on any atom is -0.495 e. The molecule has 0 spiro atoms. The Labute approximate surface area is 188 Å². The van der Waals surface area contributed by atoms with Crippen LogP contribution in [0.4, 0.5) is 5.69 Å². The molecular weight excluding hydrogens is 437 g/mol. The zero-order chi connectivity index (χ0) is 22.0. The van der Waals surface area contributed by atoms with Gasteiger partial charge in [0.2, 0.25) is 0 Å². The predicted octanol–water partition coefficient (Wildman–Crippen LogP) is 5.01. The van der Waals surface area contributed by atoms with Gasteiger partial charge in [-0.05, 0) is 54.1 Å². The van der Waals surface area contributed by atoms with Crippen molar-refractivity contribution in [3.8, 4) is 5.75 Å². The molecule has 0 bridgehead atoms. The Hall–Kier alpha value is -3.35. The monoisotopic (exact) mass is 453 g/mol. The summed E-state index contributed by atoms with van der Waals surface area (Å²) in [6, 6.07) is 17.1. The number of nitrogens with zero attached hydrogens (tertiary/aromatic N) is 2. The first-order valence-electron chi connectivity index (χ1n) is 9.34. The van der Waals surface area contributed by atoms with Gasteiger partial charge in [0.15, 0.2) is 0 Å². The molecule has 0 aliphatic carbocycles. The minimum atomic E-state index is -0.568. The van der Waals surface area contributed by atoms with Gasteiger partial charge in [-0.25, -0.2) is 4.98 Å². The van der Waals surface area contributed by atoms with E-state index in [4.69, 9.17) is 27.9 Å². The zero-order valence-corrected chi connectivity index (χ0v) is 17.9. The van der Waals surface area contributed by atoms with Crippen molar-refractivity contribution in [2.45, 2.75) is 6.54 Å². The van der Waals surface area contributed by atoms with Crippen LogP contribution in [0.2, 0.25) is 10.0 Å². The number of aromatic nitrogens is 2. The van der Waals surface area contributed by atoms with E-state index in [0.717, 1.165) is 5.56 Å². The summed E-state index contributed by atoms with van der Waals surface area (Å²) >= 11 is 12.0. The van der Waals surface area contributed by atoms with Gasteiger partial charge in [-0.1, -0.05) is 35.3 Å². The van der Waals surface area contributed by atoms with Gasteiger partial charge in [0.25, 0.3) is 11.5 Å². The molecule has 0 atom stereocenters. The molecule has 1 N–H and O–H groups in total. The van der Waals surface area contributed by atoms with Crippen molar-refractivity contribution in [2.75, 3.05) is 12.4 Å². The van der Waals surface area contributed by atoms with Gasteiger partial charge in [-0.3, -0.25) is 14.2 Å². The molecule has 1 amide bonds. The number of rotatable bonds is 5. The molecule has 156 valence electrons. The fourth-order valence-corrected chi connectivity index (χ4v) is 3.55. The molecule has 31 heavy (non-hydrogen) atoms. The first-order valence-corrected chi connectivity index (χ1v) is 10.1. The SMILES string of the molecule is COc1ccc(Cl)cc1NC(=O)c1cc2cccnc2n(Cc2ccc(Cl)cc2)c1=O. The van der Waals surface area contributed by atoms with Crippen molar-refractivity contribution in [3.63, 3.8) is 0 Å². The van der Waals surface area contributed by atoms with Gasteiger partial charge in [0.1, 0.15) is 17.0 Å². The smallest absolute Gasteiger partial charge is 0.265 e. The van der Waals surface area contributed by atoms with Crippen molar-refractivity contribution >= 4 is 45.8 Å². The van der Waals surface area contributed by atoms with Gasteiger partial charge in [0, 0.05) is 21.6 Å². The standard InChI is InChI=1S/C23H17Cl2N3O3/c1-31-20-9-8-17(25)12-19(20)27-22(29)18-11-15-3-2-10-26-21(15)28(23(18)30)13-14-4-6-16(24)7-5-14/h2-12H,13H2,1H3,(H,27,29). The van der Waals surface area contributed by atoms with Crippen LogP contribution in [0.1, 0.15) is 15.9 Å².